The van der Waals surface area contributed by atoms with Crippen LogP contribution in [0.15, 0.2) is 24.4 Å². The number of halogens is 2. The van der Waals surface area contributed by atoms with Gasteiger partial charge >= 0.3 is 0 Å². The number of aromatic nitrogens is 1. The number of rotatable bonds is 5. The number of carbonyl (C=O) groups excluding carboxylic acids is 1. The van der Waals surface area contributed by atoms with Gasteiger partial charge in [-0.15, -0.1) is 11.3 Å². The third-order valence-corrected chi connectivity index (χ3v) is 5.24. The molecule has 1 saturated heterocycles. The Morgan fingerprint density at radius 3 is 3.04 bits per heavy atom. The number of morpholine rings is 1. The van der Waals surface area contributed by atoms with E-state index in [4.69, 9.17) is 27.9 Å². The van der Waals surface area contributed by atoms with E-state index in [-0.39, 0.29) is 11.9 Å². The number of nitrogens with one attached hydrogen (secondary N) is 2. The molecule has 1 aromatic heterocycles. The maximum atomic E-state index is 12.1. The van der Waals surface area contributed by atoms with E-state index in [2.05, 4.69) is 15.6 Å². The molecule has 0 saturated carbocycles. The topological polar surface area (TPSA) is 63.2 Å². The number of nitrogens with zero attached hydrogens (tertiary/aromatic N) is 1. The van der Waals surface area contributed by atoms with Gasteiger partial charge in [-0.2, -0.15) is 0 Å². The maximum absolute atomic E-state index is 12.1. The molecule has 1 aliphatic heterocycles. The van der Waals surface area contributed by atoms with Gasteiger partial charge in [0.25, 0.3) is 0 Å². The molecule has 0 radical (unpaired) electrons. The van der Waals surface area contributed by atoms with Gasteiger partial charge in [0, 0.05) is 36.5 Å². The summed E-state index contributed by atoms with van der Waals surface area (Å²) < 4.78 is 5.35. The maximum Gasteiger partial charge on any atom is 0.227 e. The largest absolute Gasteiger partial charge is 0.378 e. The van der Waals surface area contributed by atoms with E-state index >= 15 is 0 Å². The first kappa shape index (κ1) is 17.6. The molecule has 1 aromatic carbocycles. The van der Waals surface area contributed by atoms with E-state index in [1.807, 2.05) is 12.1 Å². The van der Waals surface area contributed by atoms with Gasteiger partial charge in [-0.3, -0.25) is 4.79 Å². The zero-order valence-corrected chi connectivity index (χ0v) is 15.2. The normalized spacial score (nSPS) is 17.7. The molecule has 1 aliphatic rings. The molecular weight excluding hydrogens is 369 g/mol. The smallest absolute Gasteiger partial charge is 0.227 e. The zero-order valence-electron chi connectivity index (χ0n) is 12.9. The van der Waals surface area contributed by atoms with Crippen LogP contribution in [-0.2, 0) is 16.0 Å². The molecule has 8 heteroatoms. The fourth-order valence-corrected chi connectivity index (χ4v) is 3.63. The average molecular weight is 386 g/mol. The summed E-state index contributed by atoms with van der Waals surface area (Å²) in [5.74, 6) is -0.0616. The summed E-state index contributed by atoms with van der Waals surface area (Å²) in [7, 11) is 0. The lowest BCUT2D eigenvalue weighted by Gasteiger charge is -2.22. The molecule has 128 valence electrons. The lowest BCUT2D eigenvalue weighted by molar-refractivity contribution is -0.117. The predicted octanol–water partition coefficient (Wildman–Crippen LogP) is 3.36. The van der Waals surface area contributed by atoms with Crippen molar-refractivity contribution in [1.29, 1.82) is 0 Å². The first-order chi connectivity index (χ1) is 11.6. The van der Waals surface area contributed by atoms with Crippen molar-refractivity contribution in [2.45, 2.75) is 18.9 Å². The summed E-state index contributed by atoms with van der Waals surface area (Å²) in [5, 5.41) is 7.78. The summed E-state index contributed by atoms with van der Waals surface area (Å²) in [6, 6.07) is 5.62. The van der Waals surface area contributed by atoms with Crippen molar-refractivity contribution < 1.29 is 9.53 Å². The van der Waals surface area contributed by atoms with Crippen LogP contribution in [0.3, 0.4) is 0 Å². The predicted molar refractivity (Wildman–Crippen MR) is 97.2 cm³/mol. The summed E-state index contributed by atoms with van der Waals surface area (Å²) in [6.45, 7) is 2.04. The quantitative estimate of drug-likeness (QED) is 0.827. The van der Waals surface area contributed by atoms with E-state index < -0.39 is 0 Å². The Hall–Kier alpha value is -1.18. The number of ether oxygens (including phenoxy) is 1. The standard InChI is InChI=1S/C16H17Cl2N3O2S/c17-13-2-1-10(6-14(13)18)5-12-8-20-16(24-12)21-15(22)7-11-9-23-4-3-19-11/h1-2,6,8,11,19H,3-5,7,9H2,(H,20,21,22). The van der Waals surface area contributed by atoms with Gasteiger partial charge in [-0.25, -0.2) is 4.98 Å². The fraction of sp³-hybridized carbons (Fsp3) is 0.375. The summed E-state index contributed by atoms with van der Waals surface area (Å²) in [6.07, 6.45) is 2.84. The van der Waals surface area contributed by atoms with E-state index in [0.29, 0.717) is 41.2 Å². The summed E-state index contributed by atoms with van der Waals surface area (Å²) in [5.41, 5.74) is 1.05. The first-order valence-corrected chi connectivity index (χ1v) is 9.17. The van der Waals surface area contributed by atoms with Crippen LogP contribution in [0.2, 0.25) is 10.0 Å². The van der Waals surface area contributed by atoms with Gasteiger partial charge in [-0.05, 0) is 17.7 Å². The SMILES string of the molecule is O=C(CC1COCCN1)Nc1ncc(Cc2ccc(Cl)c(Cl)c2)s1. The van der Waals surface area contributed by atoms with E-state index in [9.17, 15) is 4.79 Å². The molecule has 24 heavy (non-hydrogen) atoms. The molecule has 0 spiro atoms. The Kier molecular flexibility index (Phi) is 6.08. The van der Waals surface area contributed by atoms with Gasteiger partial charge in [0.2, 0.25) is 5.91 Å². The molecule has 3 rings (SSSR count). The number of amides is 1. The number of hydrogen-bond donors (Lipinski definition) is 2. The van der Waals surface area contributed by atoms with Crippen LogP contribution in [0.5, 0.6) is 0 Å². The highest BCUT2D eigenvalue weighted by Gasteiger charge is 2.17. The Morgan fingerprint density at radius 2 is 2.29 bits per heavy atom. The molecule has 2 N–H and O–H groups in total. The van der Waals surface area contributed by atoms with Crippen LogP contribution in [0.4, 0.5) is 5.13 Å². The zero-order chi connectivity index (χ0) is 16.9. The van der Waals surface area contributed by atoms with Crippen molar-refractivity contribution in [1.82, 2.24) is 10.3 Å². The minimum atomic E-state index is -0.0616. The molecule has 1 unspecified atom stereocenters. The van der Waals surface area contributed by atoms with Crippen LogP contribution in [0.1, 0.15) is 16.9 Å². The molecule has 1 amide bonds. The highest BCUT2D eigenvalue weighted by Crippen LogP contribution is 2.26. The number of anilines is 1. The highest BCUT2D eigenvalue weighted by molar-refractivity contribution is 7.15. The van der Waals surface area contributed by atoms with Crippen LogP contribution < -0.4 is 10.6 Å². The molecule has 5 nitrogen and oxygen atoms in total. The lowest BCUT2D eigenvalue weighted by atomic mass is 10.1. The van der Waals surface area contributed by atoms with E-state index in [0.717, 1.165) is 17.0 Å². The third-order valence-electron chi connectivity index (χ3n) is 3.59. The van der Waals surface area contributed by atoms with Crippen molar-refractivity contribution in [2.75, 3.05) is 25.1 Å². The van der Waals surface area contributed by atoms with Gasteiger partial charge in [-0.1, -0.05) is 29.3 Å². The van der Waals surface area contributed by atoms with Crippen molar-refractivity contribution >= 4 is 45.6 Å². The second kappa shape index (κ2) is 8.27. The minimum Gasteiger partial charge on any atom is -0.378 e. The Balaban J connectivity index is 1.54. The molecule has 2 heterocycles. The number of thiazole rings is 1. The van der Waals surface area contributed by atoms with Gasteiger partial charge in [0.15, 0.2) is 5.13 Å². The average Bonchev–Trinajstić information content (AvgIpc) is 2.98. The Morgan fingerprint density at radius 1 is 1.42 bits per heavy atom. The van der Waals surface area contributed by atoms with Crippen LogP contribution in [0, 0.1) is 0 Å². The van der Waals surface area contributed by atoms with Crippen molar-refractivity contribution in [3.05, 3.63) is 44.9 Å². The third kappa shape index (κ3) is 4.91. The number of carbonyl (C=O) groups is 1. The first-order valence-electron chi connectivity index (χ1n) is 7.60. The van der Waals surface area contributed by atoms with Crippen molar-refractivity contribution in [3.63, 3.8) is 0 Å². The molecule has 2 aromatic rings. The number of hydrogen-bond acceptors (Lipinski definition) is 5. The van der Waals surface area contributed by atoms with Crippen LogP contribution in [0.25, 0.3) is 0 Å². The molecule has 0 bridgehead atoms. The Bertz CT molecular complexity index is 717. The van der Waals surface area contributed by atoms with Gasteiger partial charge in [0.1, 0.15) is 0 Å². The fourth-order valence-electron chi connectivity index (χ4n) is 2.44. The summed E-state index contributed by atoms with van der Waals surface area (Å²) in [4.78, 5) is 17.4. The monoisotopic (exact) mass is 385 g/mol. The van der Waals surface area contributed by atoms with Gasteiger partial charge < -0.3 is 15.4 Å². The van der Waals surface area contributed by atoms with Crippen molar-refractivity contribution in [2.24, 2.45) is 0 Å². The molecule has 1 atom stereocenters. The summed E-state index contributed by atoms with van der Waals surface area (Å²) >= 11 is 13.4. The second-order valence-corrected chi connectivity index (χ2v) is 7.46. The van der Waals surface area contributed by atoms with E-state index in [1.165, 1.54) is 11.3 Å². The van der Waals surface area contributed by atoms with Crippen LogP contribution in [-0.4, -0.2) is 36.7 Å². The van der Waals surface area contributed by atoms with E-state index in [1.54, 1.807) is 12.3 Å². The highest BCUT2D eigenvalue weighted by atomic mass is 35.5. The number of benzene rings is 1. The van der Waals surface area contributed by atoms with Gasteiger partial charge in [0.05, 0.1) is 23.3 Å². The minimum absolute atomic E-state index is 0.0616. The Labute approximate surface area is 154 Å². The molecule has 1 fully saturated rings. The van der Waals surface area contributed by atoms with Crippen molar-refractivity contribution in [3.8, 4) is 0 Å². The second-order valence-electron chi connectivity index (χ2n) is 5.54. The molecule has 0 aliphatic carbocycles. The molecular formula is C16H17Cl2N3O2S. The lowest BCUT2D eigenvalue weighted by Crippen LogP contribution is -2.43. The van der Waals surface area contributed by atoms with Crippen LogP contribution >= 0.6 is 34.5 Å².